The van der Waals surface area contributed by atoms with Gasteiger partial charge in [-0.1, -0.05) is 0 Å². The Balaban J connectivity index is 3.92. The van der Waals surface area contributed by atoms with Crippen LogP contribution in [0.15, 0.2) is 11.3 Å². The molecule has 0 fully saturated rings. The molecular formula is C13H13F7O2Si. The summed E-state index contributed by atoms with van der Waals surface area (Å²) in [6.07, 6.45) is -2.37. The third kappa shape index (κ3) is 3.28. The highest BCUT2D eigenvalue weighted by atomic mass is 28.4. The molecule has 0 N–H and O–H groups in total. The minimum absolute atomic E-state index is 0.337. The van der Waals surface area contributed by atoms with Gasteiger partial charge in [0.1, 0.15) is 0 Å². The van der Waals surface area contributed by atoms with Gasteiger partial charge in [-0.05, 0) is 20.8 Å². The number of rotatable bonds is 6. The molecule has 0 bridgehead atoms. The van der Waals surface area contributed by atoms with Crippen LogP contribution in [0, 0.1) is 29.1 Å². The first-order chi connectivity index (χ1) is 10.7. The minimum atomic E-state index is -4.78. The molecule has 1 aromatic rings. The van der Waals surface area contributed by atoms with Crippen LogP contribution in [0.4, 0.5) is 30.7 Å². The summed E-state index contributed by atoms with van der Waals surface area (Å²) in [6, 6.07) is 0. The number of hydrogen-bond acceptors (Lipinski definition) is 2. The van der Waals surface area contributed by atoms with Crippen molar-refractivity contribution in [3.05, 3.63) is 40.4 Å². The molecule has 0 heterocycles. The van der Waals surface area contributed by atoms with Crippen molar-refractivity contribution in [2.24, 2.45) is 0 Å². The predicted molar refractivity (Wildman–Crippen MR) is 69.8 cm³/mol. The maximum Gasteiger partial charge on any atom is 0.414 e. The SMILES string of the molecule is CCO[Si](OCC)(C(C)=C(F)F)c1c(F)c(F)c(F)c(F)c1F. The molecule has 0 saturated carbocycles. The molecule has 130 valence electrons. The average Bonchev–Trinajstić information content (AvgIpc) is 2.50. The topological polar surface area (TPSA) is 18.5 Å². The van der Waals surface area contributed by atoms with Crippen LogP contribution in [0.25, 0.3) is 0 Å². The van der Waals surface area contributed by atoms with E-state index in [1.54, 1.807) is 0 Å². The van der Waals surface area contributed by atoms with Gasteiger partial charge >= 0.3 is 8.56 Å². The van der Waals surface area contributed by atoms with Crippen LogP contribution in [0.3, 0.4) is 0 Å². The second kappa shape index (κ2) is 7.45. The van der Waals surface area contributed by atoms with Crippen LogP contribution in [-0.4, -0.2) is 21.8 Å². The van der Waals surface area contributed by atoms with Crippen molar-refractivity contribution in [2.45, 2.75) is 20.8 Å². The maximum atomic E-state index is 14.1. The number of benzene rings is 1. The summed E-state index contributed by atoms with van der Waals surface area (Å²) in [5.41, 5.74) is 0. The zero-order valence-electron chi connectivity index (χ0n) is 12.4. The molecule has 0 aliphatic carbocycles. The van der Waals surface area contributed by atoms with Gasteiger partial charge in [0.05, 0.1) is 5.19 Å². The summed E-state index contributed by atoms with van der Waals surface area (Å²) >= 11 is 0. The molecular weight excluding hydrogens is 349 g/mol. The monoisotopic (exact) mass is 362 g/mol. The third-order valence-electron chi connectivity index (χ3n) is 3.01. The average molecular weight is 362 g/mol. The molecule has 0 aromatic heterocycles. The zero-order valence-corrected chi connectivity index (χ0v) is 13.4. The molecule has 1 aromatic carbocycles. The first-order valence-electron chi connectivity index (χ1n) is 6.47. The van der Waals surface area contributed by atoms with Crippen molar-refractivity contribution in [1.82, 2.24) is 0 Å². The van der Waals surface area contributed by atoms with Crippen molar-refractivity contribution >= 4 is 13.7 Å². The minimum Gasteiger partial charge on any atom is -0.388 e. The largest absolute Gasteiger partial charge is 0.414 e. The standard InChI is InChI=1S/C13H13F7O2Si/c1-4-21-23(22-5-2,6(3)13(19)20)12-10(17)8(15)7(14)9(16)11(12)18/h4-5H2,1-3H3. The summed E-state index contributed by atoms with van der Waals surface area (Å²) in [4.78, 5) is 0. The molecule has 0 radical (unpaired) electrons. The maximum absolute atomic E-state index is 14.1. The molecule has 0 spiro atoms. The highest BCUT2D eigenvalue weighted by molar-refractivity contribution is 6.87. The van der Waals surface area contributed by atoms with Gasteiger partial charge in [0, 0.05) is 18.4 Å². The Labute approximate surface area is 128 Å². The Morgan fingerprint density at radius 1 is 0.783 bits per heavy atom. The van der Waals surface area contributed by atoms with E-state index < -0.39 is 54.1 Å². The van der Waals surface area contributed by atoms with E-state index in [0.717, 1.165) is 6.92 Å². The second-order valence-corrected chi connectivity index (χ2v) is 7.37. The fourth-order valence-corrected chi connectivity index (χ4v) is 5.05. The van der Waals surface area contributed by atoms with E-state index in [9.17, 15) is 30.7 Å². The van der Waals surface area contributed by atoms with Gasteiger partial charge in [-0.15, -0.1) is 0 Å². The normalized spacial score (nSPS) is 11.7. The van der Waals surface area contributed by atoms with Gasteiger partial charge < -0.3 is 8.85 Å². The van der Waals surface area contributed by atoms with Crippen molar-refractivity contribution in [3.63, 3.8) is 0 Å². The van der Waals surface area contributed by atoms with E-state index in [1.807, 2.05) is 0 Å². The summed E-state index contributed by atoms with van der Waals surface area (Å²) in [5.74, 6) is -11.4. The van der Waals surface area contributed by atoms with Crippen LogP contribution in [0.5, 0.6) is 0 Å². The van der Waals surface area contributed by atoms with E-state index in [2.05, 4.69) is 0 Å². The molecule has 0 aliphatic heterocycles. The highest BCUT2D eigenvalue weighted by Crippen LogP contribution is 2.28. The van der Waals surface area contributed by atoms with Gasteiger partial charge in [-0.25, -0.2) is 22.0 Å². The van der Waals surface area contributed by atoms with Crippen LogP contribution in [0.1, 0.15) is 20.8 Å². The van der Waals surface area contributed by atoms with Crippen LogP contribution >= 0.6 is 0 Å². The molecule has 0 atom stereocenters. The molecule has 1 rings (SSSR count). The van der Waals surface area contributed by atoms with Gasteiger partial charge in [0.15, 0.2) is 23.3 Å². The molecule has 0 saturated heterocycles. The van der Waals surface area contributed by atoms with E-state index in [1.165, 1.54) is 13.8 Å². The Hall–Kier alpha value is -1.39. The lowest BCUT2D eigenvalue weighted by molar-refractivity contribution is 0.199. The van der Waals surface area contributed by atoms with Crippen molar-refractivity contribution in [2.75, 3.05) is 13.2 Å². The molecule has 0 unspecified atom stereocenters. The first kappa shape index (κ1) is 19.7. The van der Waals surface area contributed by atoms with Crippen LogP contribution in [-0.2, 0) is 8.85 Å². The quantitative estimate of drug-likeness (QED) is 0.332. The lowest BCUT2D eigenvalue weighted by Gasteiger charge is -2.31. The van der Waals surface area contributed by atoms with Crippen molar-refractivity contribution in [3.8, 4) is 0 Å². The fourth-order valence-electron chi connectivity index (χ4n) is 2.01. The predicted octanol–water partition coefficient (Wildman–Crippen LogP) is 3.81. The van der Waals surface area contributed by atoms with Crippen molar-refractivity contribution < 1.29 is 39.6 Å². The molecule has 0 aliphatic rings. The zero-order chi connectivity index (χ0) is 17.9. The fraction of sp³-hybridized carbons (Fsp3) is 0.385. The smallest absolute Gasteiger partial charge is 0.388 e. The number of allylic oxidation sites excluding steroid dienone is 1. The third-order valence-corrected chi connectivity index (χ3v) is 6.68. The molecule has 0 amide bonds. The Morgan fingerprint density at radius 2 is 1.13 bits per heavy atom. The lowest BCUT2D eigenvalue weighted by atomic mass is 10.3. The van der Waals surface area contributed by atoms with Gasteiger partial charge in [0.25, 0.3) is 6.08 Å². The van der Waals surface area contributed by atoms with Crippen LogP contribution in [0.2, 0.25) is 0 Å². The Kier molecular flexibility index (Phi) is 6.37. The highest BCUT2D eigenvalue weighted by Gasteiger charge is 2.51. The van der Waals surface area contributed by atoms with E-state index in [0.29, 0.717) is 0 Å². The lowest BCUT2D eigenvalue weighted by Crippen LogP contribution is -2.59. The molecule has 10 heteroatoms. The molecule has 23 heavy (non-hydrogen) atoms. The second-order valence-electron chi connectivity index (χ2n) is 4.31. The van der Waals surface area contributed by atoms with Crippen molar-refractivity contribution in [1.29, 1.82) is 0 Å². The summed E-state index contributed by atoms with van der Waals surface area (Å²) in [5, 5.41) is -2.47. The van der Waals surface area contributed by atoms with E-state index in [4.69, 9.17) is 8.85 Å². The van der Waals surface area contributed by atoms with Gasteiger partial charge in [-0.3, -0.25) is 0 Å². The summed E-state index contributed by atoms with van der Waals surface area (Å²) in [7, 11) is -4.78. The summed E-state index contributed by atoms with van der Waals surface area (Å²) < 4.78 is 104. The first-order valence-corrected chi connectivity index (χ1v) is 8.29. The van der Waals surface area contributed by atoms with E-state index in [-0.39, 0.29) is 13.2 Å². The van der Waals surface area contributed by atoms with E-state index >= 15 is 0 Å². The van der Waals surface area contributed by atoms with Gasteiger partial charge in [-0.2, -0.15) is 8.78 Å². The molecule has 2 nitrogen and oxygen atoms in total. The number of halogens is 7. The van der Waals surface area contributed by atoms with Crippen LogP contribution < -0.4 is 5.19 Å². The van der Waals surface area contributed by atoms with Gasteiger partial charge in [0.2, 0.25) is 5.82 Å². The Morgan fingerprint density at radius 3 is 1.43 bits per heavy atom. The summed E-state index contributed by atoms with van der Waals surface area (Å²) in [6.45, 7) is 2.73. The Bertz CT molecular complexity index is 594. The number of hydrogen-bond donors (Lipinski definition) is 0.